The van der Waals surface area contributed by atoms with Crippen LogP contribution in [0.25, 0.3) is 0 Å². The van der Waals surface area contributed by atoms with E-state index >= 15 is 0 Å². The van der Waals surface area contributed by atoms with Crippen molar-refractivity contribution in [2.24, 2.45) is 0 Å². The van der Waals surface area contributed by atoms with Crippen molar-refractivity contribution in [1.82, 2.24) is 0 Å². The zero-order valence-corrected chi connectivity index (χ0v) is 11.3. The van der Waals surface area contributed by atoms with E-state index in [1.165, 1.54) is 16.5 Å². The van der Waals surface area contributed by atoms with Gasteiger partial charge in [0.15, 0.2) is 0 Å². The second kappa shape index (κ2) is 6.50. The second-order valence-electron chi connectivity index (χ2n) is 4.34. The third-order valence-corrected chi connectivity index (χ3v) is 3.59. The molecule has 2 nitrogen and oxygen atoms in total. The SMILES string of the molecule is CC(=CC(=O)O)CSc1ccc(C(C)C)cc1. The fourth-order valence-corrected chi connectivity index (χ4v) is 2.20. The van der Waals surface area contributed by atoms with Crippen LogP contribution in [0.3, 0.4) is 0 Å². The number of carboxylic acid groups (broad SMARTS) is 1. The van der Waals surface area contributed by atoms with Gasteiger partial charge in [-0.3, -0.25) is 0 Å². The fraction of sp³-hybridized carbons (Fsp3) is 0.357. The Balaban J connectivity index is 2.56. The molecule has 0 amide bonds. The standard InChI is InChI=1S/C14H18O2S/c1-10(2)12-4-6-13(7-5-12)17-9-11(3)8-14(15)16/h4-8,10H,9H2,1-3H3,(H,15,16). The molecule has 1 rings (SSSR count). The number of carboxylic acids is 1. The van der Waals surface area contributed by atoms with Crippen molar-refractivity contribution in [3.63, 3.8) is 0 Å². The van der Waals surface area contributed by atoms with Gasteiger partial charge in [0.05, 0.1) is 0 Å². The predicted octanol–water partition coefficient (Wildman–Crippen LogP) is 3.93. The van der Waals surface area contributed by atoms with E-state index in [-0.39, 0.29) is 0 Å². The Morgan fingerprint density at radius 3 is 2.41 bits per heavy atom. The van der Waals surface area contributed by atoms with Crippen LogP contribution < -0.4 is 0 Å². The van der Waals surface area contributed by atoms with Gasteiger partial charge >= 0.3 is 5.97 Å². The molecule has 3 heteroatoms. The molecule has 0 aliphatic heterocycles. The lowest BCUT2D eigenvalue weighted by molar-refractivity contribution is -0.131. The molecule has 0 saturated carbocycles. The zero-order valence-electron chi connectivity index (χ0n) is 10.4. The van der Waals surface area contributed by atoms with E-state index in [2.05, 4.69) is 38.1 Å². The molecular weight excluding hydrogens is 232 g/mol. The van der Waals surface area contributed by atoms with Crippen LogP contribution in [0, 0.1) is 0 Å². The van der Waals surface area contributed by atoms with Crippen molar-refractivity contribution in [3.05, 3.63) is 41.5 Å². The van der Waals surface area contributed by atoms with Crippen LogP contribution >= 0.6 is 11.8 Å². The average molecular weight is 250 g/mol. The minimum atomic E-state index is -0.877. The molecule has 0 spiro atoms. The Hall–Kier alpha value is -1.22. The van der Waals surface area contributed by atoms with Crippen molar-refractivity contribution in [1.29, 1.82) is 0 Å². The number of aliphatic carboxylic acids is 1. The first-order valence-electron chi connectivity index (χ1n) is 5.62. The summed E-state index contributed by atoms with van der Waals surface area (Å²) < 4.78 is 0. The number of benzene rings is 1. The first-order valence-corrected chi connectivity index (χ1v) is 6.60. The Kier molecular flexibility index (Phi) is 5.29. The second-order valence-corrected chi connectivity index (χ2v) is 5.39. The normalized spacial score (nSPS) is 11.9. The minimum Gasteiger partial charge on any atom is -0.478 e. The van der Waals surface area contributed by atoms with Gasteiger partial charge in [0, 0.05) is 16.7 Å². The maximum atomic E-state index is 10.5. The van der Waals surface area contributed by atoms with E-state index in [1.807, 2.05) is 6.92 Å². The van der Waals surface area contributed by atoms with Crippen molar-refractivity contribution in [2.45, 2.75) is 31.6 Å². The van der Waals surface area contributed by atoms with Gasteiger partial charge in [-0.1, -0.05) is 31.6 Å². The van der Waals surface area contributed by atoms with E-state index in [1.54, 1.807) is 11.8 Å². The van der Waals surface area contributed by atoms with E-state index in [0.717, 1.165) is 5.57 Å². The van der Waals surface area contributed by atoms with Gasteiger partial charge in [-0.2, -0.15) is 0 Å². The summed E-state index contributed by atoms with van der Waals surface area (Å²) in [4.78, 5) is 11.6. The quantitative estimate of drug-likeness (QED) is 0.635. The van der Waals surface area contributed by atoms with Gasteiger partial charge in [-0.05, 0) is 30.5 Å². The van der Waals surface area contributed by atoms with Gasteiger partial charge in [0.1, 0.15) is 0 Å². The van der Waals surface area contributed by atoms with Crippen LogP contribution in [-0.2, 0) is 4.79 Å². The third-order valence-electron chi connectivity index (χ3n) is 2.38. The van der Waals surface area contributed by atoms with Crippen molar-refractivity contribution < 1.29 is 9.90 Å². The summed E-state index contributed by atoms with van der Waals surface area (Å²) in [6.45, 7) is 6.17. The highest BCUT2D eigenvalue weighted by molar-refractivity contribution is 7.99. The highest BCUT2D eigenvalue weighted by atomic mass is 32.2. The largest absolute Gasteiger partial charge is 0.478 e. The number of carbonyl (C=O) groups is 1. The molecule has 1 aromatic rings. The molecule has 0 aliphatic carbocycles. The molecule has 92 valence electrons. The lowest BCUT2D eigenvalue weighted by Crippen LogP contribution is -1.92. The summed E-state index contributed by atoms with van der Waals surface area (Å²) in [7, 11) is 0. The van der Waals surface area contributed by atoms with Gasteiger partial charge in [0.2, 0.25) is 0 Å². The zero-order chi connectivity index (χ0) is 12.8. The number of thioether (sulfide) groups is 1. The molecule has 17 heavy (non-hydrogen) atoms. The van der Waals surface area contributed by atoms with Crippen LogP contribution in [0.15, 0.2) is 40.8 Å². The Morgan fingerprint density at radius 2 is 1.94 bits per heavy atom. The molecule has 0 atom stereocenters. The Morgan fingerprint density at radius 1 is 1.35 bits per heavy atom. The number of hydrogen-bond acceptors (Lipinski definition) is 2. The summed E-state index contributed by atoms with van der Waals surface area (Å²) in [5.74, 6) is 0.383. The third kappa shape index (κ3) is 5.09. The number of rotatable bonds is 5. The lowest BCUT2D eigenvalue weighted by atomic mass is 10.0. The Bertz CT molecular complexity index is 405. The molecule has 0 bridgehead atoms. The van der Waals surface area contributed by atoms with Crippen LogP contribution in [0.2, 0.25) is 0 Å². The van der Waals surface area contributed by atoms with Crippen molar-refractivity contribution >= 4 is 17.7 Å². The molecule has 0 saturated heterocycles. The molecule has 1 N–H and O–H groups in total. The predicted molar refractivity (Wildman–Crippen MR) is 72.6 cm³/mol. The van der Waals surface area contributed by atoms with Gasteiger partial charge in [-0.25, -0.2) is 4.79 Å². The van der Waals surface area contributed by atoms with Crippen molar-refractivity contribution in [2.75, 3.05) is 5.75 Å². The van der Waals surface area contributed by atoms with E-state index < -0.39 is 5.97 Å². The summed E-state index contributed by atoms with van der Waals surface area (Å²) in [5, 5.41) is 8.59. The monoisotopic (exact) mass is 250 g/mol. The molecule has 0 radical (unpaired) electrons. The summed E-state index contributed by atoms with van der Waals surface area (Å²) in [6, 6.07) is 8.44. The molecule has 1 aromatic carbocycles. The number of hydrogen-bond donors (Lipinski definition) is 1. The highest BCUT2D eigenvalue weighted by Crippen LogP contribution is 2.23. The molecule has 0 fully saturated rings. The van der Waals surface area contributed by atoms with E-state index in [9.17, 15) is 4.79 Å². The smallest absolute Gasteiger partial charge is 0.328 e. The Labute approximate surface area is 107 Å². The van der Waals surface area contributed by atoms with Crippen LogP contribution in [0.5, 0.6) is 0 Å². The van der Waals surface area contributed by atoms with Crippen molar-refractivity contribution in [3.8, 4) is 0 Å². The van der Waals surface area contributed by atoms with Gasteiger partial charge in [0.25, 0.3) is 0 Å². The lowest BCUT2D eigenvalue weighted by Gasteiger charge is -2.06. The molecule has 0 unspecified atom stereocenters. The van der Waals surface area contributed by atoms with E-state index in [0.29, 0.717) is 11.7 Å². The van der Waals surface area contributed by atoms with Crippen LogP contribution in [-0.4, -0.2) is 16.8 Å². The maximum absolute atomic E-state index is 10.5. The average Bonchev–Trinajstić information content (AvgIpc) is 2.26. The first-order chi connectivity index (χ1) is 7.99. The molecule has 0 aliphatic rings. The topological polar surface area (TPSA) is 37.3 Å². The highest BCUT2D eigenvalue weighted by Gasteiger charge is 2.00. The summed E-state index contributed by atoms with van der Waals surface area (Å²) in [6.07, 6.45) is 1.26. The first kappa shape index (κ1) is 13.8. The fourth-order valence-electron chi connectivity index (χ4n) is 1.40. The molecule has 0 aromatic heterocycles. The van der Waals surface area contributed by atoms with Crippen LogP contribution in [0.4, 0.5) is 0 Å². The van der Waals surface area contributed by atoms with Gasteiger partial charge < -0.3 is 5.11 Å². The van der Waals surface area contributed by atoms with E-state index in [4.69, 9.17) is 5.11 Å². The molecule has 0 heterocycles. The molecular formula is C14H18O2S. The van der Waals surface area contributed by atoms with Crippen LogP contribution in [0.1, 0.15) is 32.3 Å². The summed E-state index contributed by atoms with van der Waals surface area (Å²) in [5.41, 5.74) is 2.20. The summed E-state index contributed by atoms with van der Waals surface area (Å²) >= 11 is 1.66. The van der Waals surface area contributed by atoms with Gasteiger partial charge in [-0.15, -0.1) is 11.8 Å². The maximum Gasteiger partial charge on any atom is 0.328 e. The minimum absolute atomic E-state index is 0.544.